The van der Waals surface area contributed by atoms with E-state index in [1.54, 1.807) is 18.2 Å². The van der Waals surface area contributed by atoms with E-state index >= 15 is 0 Å². The van der Waals surface area contributed by atoms with Crippen molar-refractivity contribution in [1.29, 1.82) is 0 Å². The van der Waals surface area contributed by atoms with Crippen LogP contribution in [0.4, 0.5) is 0 Å². The molecule has 2 aromatic rings. The molecule has 0 radical (unpaired) electrons. The highest BCUT2D eigenvalue weighted by Crippen LogP contribution is 2.49. The van der Waals surface area contributed by atoms with Crippen LogP contribution in [0.1, 0.15) is 65.6 Å². The number of ether oxygens (including phenoxy) is 2. The van der Waals surface area contributed by atoms with E-state index < -0.39 is 10.0 Å². The average Bonchev–Trinajstić information content (AvgIpc) is 3.56. The fourth-order valence-corrected chi connectivity index (χ4v) is 7.87. The van der Waals surface area contributed by atoms with Gasteiger partial charge in [0, 0.05) is 37.2 Å². The van der Waals surface area contributed by atoms with Gasteiger partial charge >= 0.3 is 0 Å². The van der Waals surface area contributed by atoms with E-state index in [0.29, 0.717) is 45.0 Å². The molecule has 1 spiro atoms. The number of hydrogen-bond donors (Lipinski definition) is 0. The maximum atomic E-state index is 13.9. The zero-order valence-corrected chi connectivity index (χ0v) is 21.0. The first-order valence-corrected chi connectivity index (χ1v) is 14.1. The topological polar surface area (TPSA) is 76.2 Å². The largest absolute Gasteiger partial charge is 0.486 e. The second-order valence-electron chi connectivity index (χ2n) is 10.4. The van der Waals surface area contributed by atoms with Gasteiger partial charge in [-0.1, -0.05) is 18.9 Å². The molecule has 0 atom stereocenters. The molecule has 1 aliphatic carbocycles. The molecule has 3 aliphatic heterocycles. The summed E-state index contributed by atoms with van der Waals surface area (Å²) >= 11 is 0. The molecular formula is C27H32N2O5S. The summed E-state index contributed by atoms with van der Waals surface area (Å²) < 4.78 is 39.6. The molecule has 0 bridgehead atoms. The van der Waals surface area contributed by atoms with Crippen LogP contribution >= 0.6 is 0 Å². The summed E-state index contributed by atoms with van der Waals surface area (Å²) in [5, 5.41) is 0. The Balaban J connectivity index is 1.36. The van der Waals surface area contributed by atoms with Crippen LogP contribution in [-0.4, -0.2) is 56.4 Å². The molecule has 2 aromatic carbocycles. The minimum atomic E-state index is -3.59. The summed E-state index contributed by atoms with van der Waals surface area (Å²) in [6.45, 7) is 5.17. The fourth-order valence-electron chi connectivity index (χ4n) is 6.33. The Morgan fingerprint density at radius 3 is 2.34 bits per heavy atom. The van der Waals surface area contributed by atoms with Crippen molar-refractivity contribution < 1.29 is 22.7 Å². The van der Waals surface area contributed by atoms with Gasteiger partial charge in [0.15, 0.2) is 11.5 Å². The van der Waals surface area contributed by atoms with Crippen LogP contribution in [0.5, 0.6) is 11.5 Å². The van der Waals surface area contributed by atoms with Crippen molar-refractivity contribution in [3.8, 4) is 11.5 Å². The van der Waals surface area contributed by atoms with Crippen molar-refractivity contribution in [2.45, 2.75) is 62.3 Å². The van der Waals surface area contributed by atoms with E-state index in [2.05, 4.69) is 6.07 Å². The van der Waals surface area contributed by atoms with Gasteiger partial charge in [-0.05, 0) is 73.6 Å². The lowest BCUT2D eigenvalue weighted by Crippen LogP contribution is -2.47. The van der Waals surface area contributed by atoms with Crippen molar-refractivity contribution >= 4 is 15.9 Å². The zero-order chi connectivity index (χ0) is 24.2. The van der Waals surface area contributed by atoms with Gasteiger partial charge in [0.2, 0.25) is 10.0 Å². The van der Waals surface area contributed by atoms with Crippen LogP contribution in [0.15, 0.2) is 35.2 Å². The van der Waals surface area contributed by atoms with Crippen LogP contribution < -0.4 is 9.47 Å². The predicted molar refractivity (Wildman–Crippen MR) is 131 cm³/mol. The number of hydrogen-bond acceptors (Lipinski definition) is 5. The molecule has 4 aliphatic rings. The van der Waals surface area contributed by atoms with Gasteiger partial charge in [-0.3, -0.25) is 4.79 Å². The summed E-state index contributed by atoms with van der Waals surface area (Å²) in [7, 11) is -3.59. The number of benzene rings is 2. The molecule has 7 nitrogen and oxygen atoms in total. The smallest absolute Gasteiger partial charge is 0.254 e. The summed E-state index contributed by atoms with van der Waals surface area (Å²) in [4.78, 5) is 16.0. The number of amides is 1. The molecule has 3 heterocycles. The first kappa shape index (κ1) is 22.9. The number of nitrogens with zero attached hydrogens (tertiary/aromatic N) is 2. The molecule has 2 fully saturated rings. The van der Waals surface area contributed by atoms with E-state index in [1.165, 1.54) is 9.87 Å². The Morgan fingerprint density at radius 1 is 0.943 bits per heavy atom. The minimum absolute atomic E-state index is 0.0910. The van der Waals surface area contributed by atoms with E-state index in [1.807, 2.05) is 17.9 Å². The Morgan fingerprint density at radius 2 is 1.63 bits per heavy atom. The quantitative estimate of drug-likeness (QED) is 0.642. The Labute approximate surface area is 207 Å². The number of aryl methyl sites for hydroxylation is 1. The molecule has 0 N–H and O–H groups in total. The molecule has 1 saturated carbocycles. The lowest BCUT2D eigenvalue weighted by atomic mass is 9.73. The van der Waals surface area contributed by atoms with Crippen molar-refractivity contribution in [1.82, 2.24) is 9.21 Å². The second kappa shape index (κ2) is 8.52. The predicted octanol–water partition coefficient (Wildman–Crippen LogP) is 4.02. The number of rotatable bonds is 3. The van der Waals surface area contributed by atoms with E-state index in [9.17, 15) is 13.2 Å². The van der Waals surface area contributed by atoms with Gasteiger partial charge in [-0.15, -0.1) is 0 Å². The monoisotopic (exact) mass is 496 g/mol. The van der Waals surface area contributed by atoms with Gasteiger partial charge in [-0.2, -0.15) is 4.31 Å². The Hall–Kier alpha value is -2.58. The third-order valence-electron chi connectivity index (χ3n) is 8.18. The van der Waals surface area contributed by atoms with Crippen LogP contribution in [0, 0.1) is 6.92 Å². The number of carbonyl (C=O) groups excluding carboxylic acids is 1. The molecule has 8 heteroatoms. The van der Waals surface area contributed by atoms with E-state index in [0.717, 1.165) is 61.2 Å². The first-order valence-electron chi connectivity index (χ1n) is 12.7. The minimum Gasteiger partial charge on any atom is -0.486 e. The van der Waals surface area contributed by atoms with Crippen LogP contribution in [0.2, 0.25) is 0 Å². The van der Waals surface area contributed by atoms with Crippen molar-refractivity contribution in [2.75, 3.05) is 32.8 Å². The van der Waals surface area contributed by atoms with E-state index in [4.69, 9.17) is 9.47 Å². The third kappa shape index (κ3) is 3.82. The Kier molecular flexibility index (Phi) is 5.56. The lowest BCUT2D eigenvalue weighted by Gasteiger charge is -2.43. The van der Waals surface area contributed by atoms with Crippen molar-refractivity contribution in [3.63, 3.8) is 0 Å². The summed E-state index contributed by atoms with van der Waals surface area (Å²) in [5.41, 5.74) is 3.56. The highest BCUT2D eigenvalue weighted by Gasteiger charge is 2.44. The SMILES string of the molecule is Cc1ccc(S(=O)(=O)N2CCCC2)cc1C(=O)N1Cc2cc3c(cc2C2(CCCC2)C1)OCCO3. The fraction of sp³-hybridized carbons (Fsp3) is 0.519. The molecular weight excluding hydrogens is 464 g/mol. The molecule has 1 saturated heterocycles. The molecule has 6 rings (SSSR count). The second-order valence-corrected chi connectivity index (χ2v) is 12.3. The van der Waals surface area contributed by atoms with Gasteiger partial charge in [-0.25, -0.2) is 8.42 Å². The molecule has 35 heavy (non-hydrogen) atoms. The molecule has 0 unspecified atom stereocenters. The molecule has 186 valence electrons. The van der Waals surface area contributed by atoms with Crippen LogP contribution in [-0.2, 0) is 22.0 Å². The van der Waals surface area contributed by atoms with Gasteiger partial charge in [0.25, 0.3) is 5.91 Å². The maximum absolute atomic E-state index is 13.9. The highest BCUT2D eigenvalue weighted by atomic mass is 32.2. The van der Waals surface area contributed by atoms with Gasteiger partial charge in [0.1, 0.15) is 13.2 Å². The van der Waals surface area contributed by atoms with Crippen LogP contribution in [0.3, 0.4) is 0 Å². The normalized spacial score (nSPS) is 21.3. The summed E-state index contributed by atoms with van der Waals surface area (Å²) in [6.07, 6.45) is 6.10. The van der Waals surface area contributed by atoms with E-state index in [-0.39, 0.29) is 16.2 Å². The standard InChI is InChI=1S/C27H32N2O5S/c1-19-6-7-21(35(31,32)29-10-4-5-11-29)15-22(19)26(30)28-17-20-14-24-25(34-13-12-33-24)16-23(20)27(18-28)8-2-3-9-27/h6-7,14-16H,2-5,8-13,17-18H2,1H3. The van der Waals surface area contributed by atoms with Crippen molar-refractivity contribution in [3.05, 3.63) is 52.6 Å². The molecule has 1 amide bonds. The van der Waals surface area contributed by atoms with Crippen LogP contribution in [0.25, 0.3) is 0 Å². The molecule has 0 aromatic heterocycles. The number of fused-ring (bicyclic) bond motifs is 3. The third-order valence-corrected chi connectivity index (χ3v) is 10.1. The lowest BCUT2D eigenvalue weighted by molar-refractivity contribution is 0.0668. The summed E-state index contributed by atoms with van der Waals surface area (Å²) in [6, 6.07) is 9.18. The van der Waals surface area contributed by atoms with Gasteiger partial charge < -0.3 is 14.4 Å². The maximum Gasteiger partial charge on any atom is 0.254 e. The zero-order valence-electron chi connectivity index (χ0n) is 20.2. The van der Waals surface area contributed by atoms with Gasteiger partial charge in [0.05, 0.1) is 4.90 Å². The summed E-state index contributed by atoms with van der Waals surface area (Å²) in [5.74, 6) is 1.44. The first-order chi connectivity index (χ1) is 16.9. The number of carbonyl (C=O) groups is 1. The average molecular weight is 497 g/mol. The Bertz CT molecular complexity index is 1280. The number of sulfonamides is 1. The van der Waals surface area contributed by atoms with Crippen molar-refractivity contribution in [2.24, 2.45) is 0 Å². The highest BCUT2D eigenvalue weighted by molar-refractivity contribution is 7.89.